The molecule has 1 aliphatic carbocycles. The summed E-state index contributed by atoms with van der Waals surface area (Å²) in [5.41, 5.74) is 0.902. The number of hydrogen-bond donors (Lipinski definition) is 0. The molecule has 1 aliphatic heterocycles. The first-order valence-corrected chi connectivity index (χ1v) is 8.32. The van der Waals surface area contributed by atoms with Crippen LogP contribution in [0.4, 0.5) is 0 Å². The van der Waals surface area contributed by atoms with Gasteiger partial charge in [0.05, 0.1) is 0 Å². The zero-order chi connectivity index (χ0) is 14.6. The Balaban J connectivity index is 1.88. The van der Waals surface area contributed by atoms with E-state index in [1.807, 2.05) is 0 Å². The molecule has 1 heterocycles. The summed E-state index contributed by atoms with van der Waals surface area (Å²) in [4.78, 5) is 2.76. The summed E-state index contributed by atoms with van der Waals surface area (Å²) in [6, 6.07) is 0. The largest absolute Gasteiger partial charge is 0.297 e. The minimum atomic E-state index is 0.380. The molecular weight excluding hydrogens is 230 g/mol. The second-order valence-electron chi connectivity index (χ2n) is 9.05. The van der Waals surface area contributed by atoms with Crippen molar-refractivity contribution < 1.29 is 0 Å². The zero-order valence-electron chi connectivity index (χ0n) is 14.5. The first kappa shape index (κ1) is 15.4. The van der Waals surface area contributed by atoms with E-state index in [1.165, 1.54) is 19.5 Å². The summed E-state index contributed by atoms with van der Waals surface area (Å²) in [5, 5.41) is 0. The Hall–Kier alpha value is -0.0400. The molecule has 1 saturated heterocycles. The minimum absolute atomic E-state index is 0.380. The second-order valence-corrected chi connectivity index (χ2v) is 9.05. The lowest BCUT2D eigenvalue weighted by molar-refractivity contribution is 0.0790. The summed E-state index contributed by atoms with van der Waals surface area (Å²) in [6.45, 7) is 22.0. The Labute approximate surface area is 121 Å². The molecule has 0 bridgehead atoms. The lowest BCUT2D eigenvalue weighted by Crippen LogP contribution is -2.47. The molecule has 0 aromatic rings. The van der Waals surface area contributed by atoms with E-state index in [9.17, 15) is 0 Å². The molecule has 2 unspecified atom stereocenters. The molecule has 0 amide bonds. The Morgan fingerprint density at radius 1 is 0.895 bits per heavy atom. The highest BCUT2D eigenvalue weighted by Crippen LogP contribution is 2.58. The molecule has 0 aromatic heterocycles. The van der Waals surface area contributed by atoms with Gasteiger partial charge in [0, 0.05) is 18.6 Å². The Bertz CT molecular complexity index is 315. The average Bonchev–Trinajstić information content (AvgIpc) is 2.74. The summed E-state index contributed by atoms with van der Waals surface area (Å²) in [5.74, 6) is 4.59. The van der Waals surface area contributed by atoms with Crippen LogP contribution in [0.25, 0.3) is 0 Å². The van der Waals surface area contributed by atoms with Gasteiger partial charge < -0.3 is 0 Å². The van der Waals surface area contributed by atoms with Crippen LogP contribution in [-0.4, -0.2) is 23.5 Å². The molecule has 0 spiro atoms. The predicted octanol–water partition coefficient (Wildman–Crippen LogP) is 4.67. The fourth-order valence-electron chi connectivity index (χ4n) is 3.63. The fraction of sp³-hybridized carbons (Fsp3) is 1.00. The van der Waals surface area contributed by atoms with Crippen LogP contribution < -0.4 is 0 Å². The zero-order valence-corrected chi connectivity index (χ0v) is 14.5. The van der Waals surface area contributed by atoms with Gasteiger partial charge in [0.15, 0.2) is 0 Å². The van der Waals surface area contributed by atoms with Crippen molar-refractivity contribution >= 4 is 0 Å². The SMILES string of the molecule is CC(C)C(C)(C)CC1C2CN(C(C)(C)C(C)C)CC21. The van der Waals surface area contributed by atoms with E-state index in [2.05, 4.69) is 60.3 Å². The van der Waals surface area contributed by atoms with Crippen molar-refractivity contribution in [2.24, 2.45) is 35.0 Å². The third kappa shape index (κ3) is 2.73. The van der Waals surface area contributed by atoms with Gasteiger partial charge in [0.1, 0.15) is 0 Å². The summed E-state index contributed by atoms with van der Waals surface area (Å²) >= 11 is 0. The van der Waals surface area contributed by atoms with Gasteiger partial charge in [-0.1, -0.05) is 41.5 Å². The smallest absolute Gasteiger partial charge is 0.0176 e. The molecule has 2 fully saturated rings. The standard InChI is InChI=1S/C18H35N/c1-12(2)17(5,6)9-14-15-10-19(11-16(14)15)18(7,8)13(3)4/h12-16H,9-11H2,1-8H3. The number of rotatable bonds is 5. The van der Waals surface area contributed by atoms with Crippen LogP contribution in [0.2, 0.25) is 0 Å². The molecule has 1 nitrogen and oxygen atoms in total. The third-order valence-corrected chi connectivity index (χ3v) is 6.92. The number of likely N-dealkylation sites (tertiary alicyclic amines) is 1. The highest BCUT2D eigenvalue weighted by atomic mass is 15.2. The van der Waals surface area contributed by atoms with Gasteiger partial charge in [0.2, 0.25) is 0 Å². The topological polar surface area (TPSA) is 3.24 Å². The first-order valence-electron chi connectivity index (χ1n) is 8.32. The predicted molar refractivity (Wildman–Crippen MR) is 84.2 cm³/mol. The van der Waals surface area contributed by atoms with Crippen molar-refractivity contribution in [2.75, 3.05) is 13.1 Å². The van der Waals surface area contributed by atoms with Crippen LogP contribution in [0, 0.1) is 35.0 Å². The molecule has 112 valence electrons. The number of nitrogens with zero attached hydrogens (tertiary/aromatic N) is 1. The molecule has 2 atom stereocenters. The van der Waals surface area contributed by atoms with Crippen LogP contribution in [0.5, 0.6) is 0 Å². The third-order valence-electron chi connectivity index (χ3n) is 6.92. The van der Waals surface area contributed by atoms with Crippen LogP contribution in [0.1, 0.15) is 61.8 Å². The van der Waals surface area contributed by atoms with Crippen molar-refractivity contribution in [3.8, 4) is 0 Å². The van der Waals surface area contributed by atoms with Gasteiger partial charge in [-0.2, -0.15) is 0 Å². The molecule has 2 rings (SSSR count). The van der Waals surface area contributed by atoms with Crippen molar-refractivity contribution in [1.82, 2.24) is 4.90 Å². The molecule has 0 N–H and O–H groups in total. The molecular formula is C18H35N. The highest BCUT2D eigenvalue weighted by molar-refractivity contribution is 5.09. The van der Waals surface area contributed by atoms with Gasteiger partial charge in [-0.3, -0.25) is 4.90 Å². The van der Waals surface area contributed by atoms with Crippen LogP contribution in [0.3, 0.4) is 0 Å². The van der Waals surface area contributed by atoms with Crippen LogP contribution >= 0.6 is 0 Å². The van der Waals surface area contributed by atoms with Crippen molar-refractivity contribution in [2.45, 2.75) is 67.3 Å². The van der Waals surface area contributed by atoms with Gasteiger partial charge >= 0.3 is 0 Å². The maximum absolute atomic E-state index is 2.76. The maximum atomic E-state index is 2.76. The van der Waals surface area contributed by atoms with Gasteiger partial charge in [0.25, 0.3) is 0 Å². The normalized spacial score (nSPS) is 32.2. The lowest BCUT2D eigenvalue weighted by atomic mass is 9.76. The number of piperidine rings is 1. The number of fused-ring (bicyclic) bond motifs is 1. The lowest BCUT2D eigenvalue weighted by Gasteiger charge is -2.41. The van der Waals surface area contributed by atoms with E-state index in [1.54, 1.807) is 0 Å². The molecule has 1 saturated carbocycles. The molecule has 19 heavy (non-hydrogen) atoms. The van der Waals surface area contributed by atoms with E-state index in [0.29, 0.717) is 11.0 Å². The Morgan fingerprint density at radius 2 is 1.37 bits per heavy atom. The molecule has 2 aliphatic rings. The Morgan fingerprint density at radius 3 is 1.74 bits per heavy atom. The van der Waals surface area contributed by atoms with Gasteiger partial charge in [-0.15, -0.1) is 0 Å². The van der Waals surface area contributed by atoms with Crippen molar-refractivity contribution in [3.05, 3.63) is 0 Å². The van der Waals surface area contributed by atoms with E-state index in [0.717, 1.165) is 29.6 Å². The summed E-state index contributed by atoms with van der Waals surface area (Å²) < 4.78 is 0. The quantitative estimate of drug-likeness (QED) is 0.698. The number of hydrogen-bond acceptors (Lipinski definition) is 1. The van der Waals surface area contributed by atoms with Crippen molar-refractivity contribution in [1.29, 1.82) is 0 Å². The van der Waals surface area contributed by atoms with Gasteiger partial charge in [-0.25, -0.2) is 0 Å². The highest BCUT2D eigenvalue weighted by Gasteiger charge is 2.58. The maximum Gasteiger partial charge on any atom is 0.0176 e. The molecule has 1 heteroatoms. The Kier molecular flexibility index (Phi) is 3.84. The van der Waals surface area contributed by atoms with E-state index >= 15 is 0 Å². The summed E-state index contributed by atoms with van der Waals surface area (Å²) in [7, 11) is 0. The van der Waals surface area contributed by atoms with E-state index in [-0.39, 0.29) is 0 Å². The monoisotopic (exact) mass is 265 g/mol. The second kappa shape index (κ2) is 4.76. The molecule has 0 radical (unpaired) electrons. The van der Waals surface area contributed by atoms with Crippen molar-refractivity contribution in [3.63, 3.8) is 0 Å². The summed E-state index contributed by atoms with van der Waals surface area (Å²) in [6.07, 6.45) is 1.44. The van der Waals surface area contributed by atoms with E-state index < -0.39 is 0 Å². The van der Waals surface area contributed by atoms with E-state index in [4.69, 9.17) is 0 Å². The van der Waals surface area contributed by atoms with Gasteiger partial charge in [-0.05, 0) is 55.3 Å². The van der Waals surface area contributed by atoms with Crippen LogP contribution in [0.15, 0.2) is 0 Å². The van der Waals surface area contributed by atoms with Crippen LogP contribution in [-0.2, 0) is 0 Å². The first-order chi connectivity index (χ1) is 8.57. The molecule has 0 aromatic carbocycles. The average molecular weight is 265 g/mol. The minimum Gasteiger partial charge on any atom is -0.297 e. The fourth-order valence-corrected chi connectivity index (χ4v) is 3.63.